The number of nitrogens with one attached hydrogen (secondary N) is 1. The van der Waals surface area contributed by atoms with Gasteiger partial charge in [-0.2, -0.15) is 5.10 Å². The highest BCUT2D eigenvalue weighted by molar-refractivity contribution is 5.92. The van der Waals surface area contributed by atoms with Gasteiger partial charge in [-0.15, -0.1) is 0 Å². The summed E-state index contributed by atoms with van der Waals surface area (Å²) in [6, 6.07) is 14.0. The highest BCUT2D eigenvalue weighted by Crippen LogP contribution is 2.22. The molecule has 1 fully saturated rings. The number of morpholine rings is 1. The number of hydrogen-bond acceptors (Lipinski definition) is 4. The first kappa shape index (κ1) is 20.2. The molecule has 156 valence electrons. The molecule has 2 aromatic carbocycles. The Kier molecular flexibility index (Phi) is 6.15. The Morgan fingerprint density at radius 1 is 1.10 bits per heavy atom. The largest absolute Gasteiger partial charge is 0.379 e. The van der Waals surface area contributed by atoms with Crippen molar-refractivity contribution in [1.82, 2.24) is 20.0 Å². The lowest BCUT2D eigenvalue weighted by Gasteiger charge is -2.34. The van der Waals surface area contributed by atoms with Crippen molar-refractivity contribution < 1.29 is 18.3 Å². The monoisotopic (exact) mass is 412 g/mol. The van der Waals surface area contributed by atoms with E-state index in [1.54, 1.807) is 30.5 Å². The zero-order valence-corrected chi connectivity index (χ0v) is 16.3. The second-order valence-corrected chi connectivity index (χ2v) is 7.03. The van der Waals surface area contributed by atoms with E-state index in [1.165, 1.54) is 28.9 Å². The molecule has 0 aliphatic carbocycles. The van der Waals surface area contributed by atoms with Gasteiger partial charge < -0.3 is 10.1 Å². The summed E-state index contributed by atoms with van der Waals surface area (Å²) in [6.07, 6.45) is 1.54. The Morgan fingerprint density at radius 3 is 2.67 bits per heavy atom. The standard InChI is InChI=1S/C22H22F2N4O2/c23-17-5-3-4-16(14-17)21(27-10-12-30-13-11-27)15-25-22(29)19-8-9-28(26-19)20-7-2-1-6-18(20)24/h1-9,14,21H,10-13,15H2,(H,25,29). The third kappa shape index (κ3) is 4.55. The summed E-state index contributed by atoms with van der Waals surface area (Å²) in [7, 11) is 0. The van der Waals surface area contributed by atoms with Crippen LogP contribution >= 0.6 is 0 Å². The molecule has 1 aromatic heterocycles. The molecule has 8 heteroatoms. The maximum absolute atomic E-state index is 14.0. The zero-order valence-electron chi connectivity index (χ0n) is 16.3. The van der Waals surface area contributed by atoms with Gasteiger partial charge in [-0.05, 0) is 35.9 Å². The van der Waals surface area contributed by atoms with Crippen LogP contribution in [0.4, 0.5) is 8.78 Å². The summed E-state index contributed by atoms with van der Waals surface area (Å²) in [5, 5.41) is 7.07. The van der Waals surface area contributed by atoms with Crippen LogP contribution in [0.25, 0.3) is 5.69 Å². The number of benzene rings is 2. The van der Waals surface area contributed by atoms with Crippen molar-refractivity contribution in [3.05, 3.63) is 83.7 Å². The number of amides is 1. The summed E-state index contributed by atoms with van der Waals surface area (Å²) in [5.74, 6) is -1.12. The van der Waals surface area contributed by atoms with Crippen LogP contribution in [0.5, 0.6) is 0 Å². The molecule has 1 saturated heterocycles. The van der Waals surface area contributed by atoms with E-state index in [9.17, 15) is 13.6 Å². The molecule has 6 nitrogen and oxygen atoms in total. The number of ether oxygens (including phenoxy) is 1. The van der Waals surface area contributed by atoms with Gasteiger partial charge in [-0.25, -0.2) is 13.5 Å². The summed E-state index contributed by atoms with van der Waals surface area (Å²) in [6.45, 7) is 2.85. The SMILES string of the molecule is O=C(NCC(c1cccc(F)c1)N1CCOCC1)c1ccn(-c2ccccc2F)n1. The second-order valence-electron chi connectivity index (χ2n) is 7.03. The highest BCUT2D eigenvalue weighted by atomic mass is 19.1. The maximum Gasteiger partial charge on any atom is 0.271 e. The third-order valence-electron chi connectivity index (χ3n) is 5.10. The molecule has 30 heavy (non-hydrogen) atoms. The lowest BCUT2D eigenvalue weighted by molar-refractivity contribution is 0.0161. The Hall–Kier alpha value is -3.10. The van der Waals surface area contributed by atoms with Crippen LogP contribution in [0, 0.1) is 11.6 Å². The topological polar surface area (TPSA) is 59.4 Å². The lowest BCUT2D eigenvalue weighted by atomic mass is 10.0. The van der Waals surface area contributed by atoms with Crippen LogP contribution in [-0.4, -0.2) is 53.4 Å². The van der Waals surface area contributed by atoms with Gasteiger partial charge in [-0.3, -0.25) is 9.69 Å². The van der Waals surface area contributed by atoms with E-state index in [0.717, 1.165) is 5.56 Å². The van der Waals surface area contributed by atoms with Gasteiger partial charge in [0.05, 0.1) is 19.3 Å². The van der Waals surface area contributed by atoms with Crippen molar-refractivity contribution in [3.63, 3.8) is 0 Å². The third-order valence-corrected chi connectivity index (χ3v) is 5.10. The van der Waals surface area contributed by atoms with Crippen LogP contribution in [0.15, 0.2) is 60.8 Å². The van der Waals surface area contributed by atoms with Crippen molar-refractivity contribution in [2.75, 3.05) is 32.8 Å². The van der Waals surface area contributed by atoms with Gasteiger partial charge in [0.2, 0.25) is 0 Å². The van der Waals surface area contributed by atoms with Crippen molar-refractivity contribution in [1.29, 1.82) is 0 Å². The van der Waals surface area contributed by atoms with Gasteiger partial charge in [0.15, 0.2) is 5.69 Å². The van der Waals surface area contributed by atoms with Crippen molar-refractivity contribution in [2.45, 2.75) is 6.04 Å². The number of hydrogen-bond donors (Lipinski definition) is 1. The summed E-state index contributed by atoms with van der Waals surface area (Å²) in [4.78, 5) is 14.8. The molecule has 2 heterocycles. The Labute approximate surface area is 173 Å². The number of para-hydroxylation sites is 1. The number of carbonyl (C=O) groups is 1. The molecule has 0 spiro atoms. The van der Waals surface area contributed by atoms with Crippen LogP contribution < -0.4 is 5.32 Å². The van der Waals surface area contributed by atoms with E-state index in [0.29, 0.717) is 26.3 Å². The van der Waals surface area contributed by atoms with E-state index >= 15 is 0 Å². The molecule has 1 N–H and O–H groups in total. The summed E-state index contributed by atoms with van der Waals surface area (Å²) in [5.41, 5.74) is 1.23. The molecule has 4 rings (SSSR count). The molecule has 1 amide bonds. The minimum Gasteiger partial charge on any atom is -0.379 e. The van der Waals surface area contributed by atoms with E-state index in [4.69, 9.17) is 4.74 Å². The van der Waals surface area contributed by atoms with Gasteiger partial charge in [-0.1, -0.05) is 24.3 Å². The Morgan fingerprint density at radius 2 is 1.90 bits per heavy atom. The van der Waals surface area contributed by atoms with E-state index in [1.807, 2.05) is 6.07 Å². The fourth-order valence-electron chi connectivity index (χ4n) is 3.56. The number of halogens is 2. The molecular weight excluding hydrogens is 390 g/mol. The fraction of sp³-hybridized carbons (Fsp3) is 0.273. The van der Waals surface area contributed by atoms with Crippen molar-refractivity contribution in [3.8, 4) is 5.69 Å². The highest BCUT2D eigenvalue weighted by Gasteiger charge is 2.24. The first-order chi connectivity index (χ1) is 14.6. The molecule has 1 atom stereocenters. The van der Waals surface area contributed by atoms with E-state index in [2.05, 4.69) is 15.3 Å². The lowest BCUT2D eigenvalue weighted by Crippen LogP contribution is -2.43. The number of carbonyl (C=O) groups excluding carboxylic acids is 1. The van der Waals surface area contributed by atoms with Gasteiger partial charge in [0.25, 0.3) is 5.91 Å². The molecule has 0 bridgehead atoms. The first-order valence-electron chi connectivity index (χ1n) is 9.78. The maximum atomic E-state index is 14.0. The minimum absolute atomic E-state index is 0.179. The number of nitrogens with zero attached hydrogens (tertiary/aromatic N) is 3. The second kappa shape index (κ2) is 9.15. The smallest absolute Gasteiger partial charge is 0.271 e. The fourth-order valence-corrected chi connectivity index (χ4v) is 3.56. The van der Waals surface area contributed by atoms with Crippen molar-refractivity contribution >= 4 is 5.91 Å². The summed E-state index contributed by atoms with van der Waals surface area (Å²) >= 11 is 0. The van der Waals surface area contributed by atoms with Crippen LogP contribution in [0.1, 0.15) is 22.1 Å². The van der Waals surface area contributed by atoms with Crippen LogP contribution in [-0.2, 0) is 4.74 Å². The van der Waals surface area contributed by atoms with Crippen LogP contribution in [0.3, 0.4) is 0 Å². The zero-order chi connectivity index (χ0) is 20.9. The predicted octanol–water partition coefficient (Wildman–Crippen LogP) is 2.95. The van der Waals surface area contributed by atoms with Crippen molar-refractivity contribution in [2.24, 2.45) is 0 Å². The molecule has 0 radical (unpaired) electrons. The first-order valence-corrected chi connectivity index (χ1v) is 9.78. The normalized spacial score (nSPS) is 15.7. The van der Waals surface area contributed by atoms with Gasteiger partial charge in [0.1, 0.15) is 17.3 Å². The average molecular weight is 412 g/mol. The molecule has 1 aliphatic heterocycles. The van der Waals surface area contributed by atoms with Gasteiger partial charge >= 0.3 is 0 Å². The van der Waals surface area contributed by atoms with E-state index < -0.39 is 5.82 Å². The minimum atomic E-state index is -0.425. The molecule has 3 aromatic rings. The number of rotatable bonds is 6. The average Bonchev–Trinajstić information content (AvgIpc) is 3.25. The predicted molar refractivity (Wildman–Crippen MR) is 107 cm³/mol. The molecule has 0 saturated carbocycles. The summed E-state index contributed by atoms with van der Waals surface area (Å²) < 4.78 is 34.5. The molecule has 1 aliphatic rings. The van der Waals surface area contributed by atoms with E-state index in [-0.39, 0.29) is 35.7 Å². The Balaban J connectivity index is 1.48. The Bertz CT molecular complexity index is 1020. The molecular formula is C22H22F2N4O2. The number of aromatic nitrogens is 2. The van der Waals surface area contributed by atoms with Crippen LogP contribution in [0.2, 0.25) is 0 Å². The van der Waals surface area contributed by atoms with Gasteiger partial charge in [0, 0.05) is 25.8 Å². The molecule has 1 unspecified atom stereocenters. The quantitative estimate of drug-likeness (QED) is 0.676.